The molecule has 4 rings (SSSR count). The SMILES string of the molecule is O=C(Cc1cccc(F)c1)NCC1(c2c[nH]c3ccc(Cl)cc23)CC1. The van der Waals surface area contributed by atoms with E-state index in [9.17, 15) is 9.18 Å². The number of aromatic amines is 1. The number of fused-ring (bicyclic) bond motifs is 1. The lowest BCUT2D eigenvalue weighted by Gasteiger charge is -2.16. The maximum absolute atomic E-state index is 13.2. The lowest BCUT2D eigenvalue weighted by Crippen LogP contribution is -2.33. The molecule has 1 heterocycles. The summed E-state index contributed by atoms with van der Waals surface area (Å²) in [6, 6.07) is 12.0. The van der Waals surface area contributed by atoms with Gasteiger partial charge in [-0.05, 0) is 54.3 Å². The van der Waals surface area contributed by atoms with Crippen molar-refractivity contribution in [3.8, 4) is 0 Å². The fraction of sp³-hybridized carbons (Fsp3) is 0.250. The van der Waals surface area contributed by atoms with E-state index in [-0.39, 0.29) is 23.6 Å². The molecule has 1 saturated carbocycles. The van der Waals surface area contributed by atoms with E-state index in [1.807, 2.05) is 24.4 Å². The Bertz CT molecular complexity index is 946. The topological polar surface area (TPSA) is 44.9 Å². The predicted molar refractivity (Wildman–Crippen MR) is 97.3 cm³/mol. The summed E-state index contributed by atoms with van der Waals surface area (Å²) in [7, 11) is 0. The second-order valence-electron chi connectivity index (χ2n) is 6.76. The van der Waals surface area contributed by atoms with Gasteiger partial charge in [0.15, 0.2) is 0 Å². The molecule has 128 valence electrons. The monoisotopic (exact) mass is 356 g/mol. The standard InChI is InChI=1S/C20H18ClFN2O/c21-14-4-5-18-16(10-14)17(11-23-18)20(6-7-20)12-24-19(25)9-13-2-1-3-15(22)8-13/h1-5,8,10-11,23H,6-7,9,12H2,(H,24,25). The van der Waals surface area contributed by atoms with Crippen molar-refractivity contribution in [2.24, 2.45) is 0 Å². The van der Waals surface area contributed by atoms with E-state index in [0.29, 0.717) is 17.1 Å². The summed E-state index contributed by atoms with van der Waals surface area (Å²) < 4.78 is 13.2. The fourth-order valence-electron chi connectivity index (χ4n) is 3.39. The first-order valence-electron chi connectivity index (χ1n) is 8.34. The zero-order chi connectivity index (χ0) is 17.4. The highest BCUT2D eigenvalue weighted by Gasteiger charge is 2.45. The van der Waals surface area contributed by atoms with Gasteiger partial charge < -0.3 is 10.3 Å². The molecule has 2 aromatic carbocycles. The third-order valence-electron chi connectivity index (χ3n) is 4.95. The quantitative estimate of drug-likeness (QED) is 0.701. The summed E-state index contributed by atoms with van der Waals surface area (Å²) in [5.74, 6) is -0.408. The first-order valence-corrected chi connectivity index (χ1v) is 8.72. The highest BCUT2D eigenvalue weighted by molar-refractivity contribution is 6.31. The molecular formula is C20H18ClFN2O. The second-order valence-corrected chi connectivity index (χ2v) is 7.19. The molecule has 2 N–H and O–H groups in total. The highest BCUT2D eigenvalue weighted by Crippen LogP contribution is 2.50. The molecule has 0 unspecified atom stereocenters. The fourth-order valence-corrected chi connectivity index (χ4v) is 3.56. The Morgan fingerprint density at radius 1 is 1.24 bits per heavy atom. The minimum Gasteiger partial charge on any atom is -0.361 e. The Balaban J connectivity index is 1.46. The van der Waals surface area contributed by atoms with Gasteiger partial charge in [0.05, 0.1) is 6.42 Å². The van der Waals surface area contributed by atoms with Crippen LogP contribution in [0.1, 0.15) is 24.0 Å². The van der Waals surface area contributed by atoms with E-state index in [1.165, 1.54) is 17.7 Å². The highest BCUT2D eigenvalue weighted by atomic mass is 35.5. The molecule has 5 heteroatoms. The van der Waals surface area contributed by atoms with Crippen molar-refractivity contribution in [2.75, 3.05) is 6.54 Å². The molecule has 1 aliphatic carbocycles. The molecule has 1 aliphatic rings. The van der Waals surface area contributed by atoms with Gasteiger partial charge in [-0.2, -0.15) is 0 Å². The van der Waals surface area contributed by atoms with Gasteiger partial charge >= 0.3 is 0 Å². The maximum atomic E-state index is 13.2. The van der Waals surface area contributed by atoms with Crippen LogP contribution in [0.25, 0.3) is 10.9 Å². The Kier molecular flexibility index (Phi) is 4.00. The van der Waals surface area contributed by atoms with Crippen LogP contribution < -0.4 is 5.32 Å². The van der Waals surface area contributed by atoms with Crippen LogP contribution in [0.2, 0.25) is 5.02 Å². The molecular weight excluding hydrogens is 339 g/mol. The average molecular weight is 357 g/mol. The lowest BCUT2D eigenvalue weighted by atomic mass is 9.95. The number of benzene rings is 2. The number of hydrogen-bond acceptors (Lipinski definition) is 1. The van der Waals surface area contributed by atoms with Gasteiger partial charge in [0.2, 0.25) is 5.91 Å². The summed E-state index contributed by atoms with van der Waals surface area (Å²) in [5.41, 5.74) is 2.91. The molecule has 0 bridgehead atoms. The van der Waals surface area contributed by atoms with Crippen LogP contribution in [0.4, 0.5) is 4.39 Å². The smallest absolute Gasteiger partial charge is 0.224 e. The summed E-state index contributed by atoms with van der Waals surface area (Å²) in [6.07, 6.45) is 4.28. The van der Waals surface area contributed by atoms with Crippen LogP contribution in [0.5, 0.6) is 0 Å². The predicted octanol–water partition coefficient (Wildman–Crippen LogP) is 4.35. The third kappa shape index (κ3) is 3.27. The molecule has 0 spiro atoms. The van der Waals surface area contributed by atoms with Crippen LogP contribution in [0.15, 0.2) is 48.7 Å². The molecule has 0 saturated heterocycles. The Labute approximate surface area is 150 Å². The van der Waals surface area contributed by atoms with Gasteiger partial charge in [0.25, 0.3) is 0 Å². The number of amides is 1. The molecule has 0 radical (unpaired) electrons. The summed E-state index contributed by atoms with van der Waals surface area (Å²) in [4.78, 5) is 15.5. The summed E-state index contributed by atoms with van der Waals surface area (Å²) >= 11 is 6.13. The Morgan fingerprint density at radius 3 is 2.84 bits per heavy atom. The first kappa shape index (κ1) is 16.2. The number of halogens is 2. The number of nitrogens with one attached hydrogen (secondary N) is 2. The van der Waals surface area contributed by atoms with Crippen molar-refractivity contribution in [2.45, 2.75) is 24.7 Å². The van der Waals surface area contributed by atoms with E-state index in [0.717, 1.165) is 23.7 Å². The van der Waals surface area contributed by atoms with Gasteiger partial charge in [-0.3, -0.25) is 4.79 Å². The molecule has 1 amide bonds. The van der Waals surface area contributed by atoms with E-state index < -0.39 is 0 Å². The number of hydrogen-bond donors (Lipinski definition) is 2. The Morgan fingerprint density at radius 2 is 2.08 bits per heavy atom. The Hall–Kier alpha value is -2.33. The van der Waals surface area contributed by atoms with E-state index in [2.05, 4.69) is 10.3 Å². The number of H-pyrrole nitrogens is 1. The van der Waals surface area contributed by atoms with E-state index >= 15 is 0 Å². The van der Waals surface area contributed by atoms with Gasteiger partial charge in [-0.25, -0.2) is 4.39 Å². The van der Waals surface area contributed by atoms with Crippen molar-refractivity contribution in [3.63, 3.8) is 0 Å². The molecule has 3 aromatic rings. The van der Waals surface area contributed by atoms with Crippen LogP contribution in [-0.2, 0) is 16.6 Å². The van der Waals surface area contributed by atoms with Gasteiger partial charge in [-0.1, -0.05) is 23.7 Å². The van der Waals surface area contributed by atoms with Gasteiger partial charge in [0.1, 0.15) is 5.82 Å². The van der Waals surface area contributed by atoms with Crippen molar-refractivity contribution in [3.05, 3.63) is 70.6 Å². The first-order chi connectivity index (χ1) is 12.1. The number of carbonyl (C=O) groups is 1. The largest absolute Gasteiger partial charge is 0.361 e. The van der Waals surface area contributed by atoms with Crippen molar-refractivity contribution >= 4 is 28.4 Å². The van der Waals surface area contributed by atoms with Crippen molar-refractivity contribution < 1.29 is 9.18 Å². The maximum Gasteiger partial charge on any atom is 0.224 e. The number of rotatable bonds is 5. The molecule has 3 nitrogen and oxygen atoms in total. The minimum absolute atomic E-state index is 0.0273. The van der Waals surface area contributed by atoms with E-state index in [4.69, 9.17) is 11.6 Å². The molecule has 1 fully saturated rings. The zero-order valence-corrected chi connectivity index (χ0v) is 14.4. The van der Waals surface area contributed by atoms with Crippen molar-refractivity contribution in [1.82, 2.24) is 10.3 Å². The zero-order valence-electron chi connectivity index (χ0n) is 13.6. The minimum atomic E-state index is -0.320. The normalized spacial score (nSPS) is 15.3. The average Bonchev–Trinajstić information content (AvgIpc) is 3.25. The van der Waals surface area contributed by atoms with E-state index in [1.54, 1.807) is 12.1 Å². The summed E-state index contributed by atoms with van der Waals surface area (Å²) in [5, 5.41) is 4.84. The lowest BCUT2D eigenvalue weighted by molar-refractivity contribution is -0.120. The third-order valence-corrected chi connectivity index (χ3v) is 5.18. The van der Waals surface area contributed by atoms with Crippen LogP contribution in [0, 0.1) is 5.82 Å². The van der Waals surface area contributed by atoms with Crippen molar-refractivity contribution in [1.29, 1.82) is 0 Å². The number of aromatic nitrogens is 1. The second kappa shape index (κ2) is 6.19. The van der Waals surface area contributed by atoms with Crippen LogP contribution in [0.3, 0.4) is 0 Å². The molecule has 1 aromatic heterocycles. The molecule has 25 heavy (non-hydrogen) atoms. The number of carbonyl (C=O) groups excluding carboxylic acids is 1. The molecule has 0 aliphatic heterocycles. The summed E-state index contributed by atoms with van der Waals surface area (Å²) in [6.45, 7) is 0.584. The molecule has 0 atom stereocenters. The van der Waals surface area contributed by atoms with Crippen LogP contribution in [-0.4, -0.2) is 17.4 Å². The van der Waals surface area contributed by atoms with Gasteiger partial charge in [-0.15, -0.1) is 0 Å². The van der Waals surface area contributed by atoms with Gasteiger partial charge in [0, 0.05) is 34.1 Å². The van der Waals surface area contributed by atoms with Crippen LogP contribution >= 0.6 is 11.6 Å².